The summed E-state index contributed by atoms with van der Waals surface area (Å²) in [6.45, 7) is 1.03. The number of nitrogens with zero attached hydrogens (tertiary/aromatic N) is 3. The Hall–Kier alpha value is -3.47. The van der Waals surface area contributed by atoms with Crippen LogP contribution in [0.3, 0.4) is 0 Å². The van der Waals surface area contributed by atoms with E-state index < -0.39 is 5.41 Å². The molecule has 3 aromatic rings. The molecule has 32 heavy (non-hydrogen) atoms. The number of carbonyl (C=O) groups excluding carboxylic acids is 2. The Bertz CT molecular complexity index is 1080. The lowest BCUT2D eigenvalue weighted by Crippen LogP contribution is -2.45. The summed E-state index contributed by atoms with van der Waals surface area (Å²) in [5, 5.41) is 0. The number of hydrogen-bond acceptors (Lipinski definition) is 3. The topological polar surface area (TPSA) is 53.5 Å². The molecular weight excluding hydrogens is 398 g/mol. The maximum Gasteiger partial charge on any atom is 0.230 e. The van der Waals surface area contributed by atoms with E-state index in [1.807, 2.05) is 47.4 Å². The van der Waals surface area contributed by atoms with Crippen LogP contribution in [0.15, 0.2) is 79.1 Å². The maximum absolute atomic E-state index is 13.4. The van der Waals surface area contributed by atoms with Crippen molar-refractivity contribution in [3.05, 3.63) is 90.3 Å². The highest BCUT2D eigenvalue weighted by atomic mass is 16.2. The quantitative estimate of drug-likeness (QED) is 0.601. The zero-order chi connectivity index (χ0) is 22.6. The minimum absolute atomic E-state index is 0.0442. The molecule has 2 amide bonds. The van der Waals surface area contributed by atoms with Crippen LogP contribution in [0.2, 0.25) is 0 Å². The summed E-state index contributed by atoms with van der Waals surface area (Å²) >= 11 is 0. The lowest BCUT2D eigenvalue weighted by molar-refractivity contribution is -0.139. The van der Waals surface area contributed by atoms with E-state index in [-0.39, 0.29) is 11.8 Å². The van der Waals surface area contributed by atoms with Crippen molar-refractivity contribution in [2.75, 3.05) is 27.2 Å². The van der Waals surface area contributed by atoms with Crippen LogP contribution in [-0.4, -0.2) is 53.8 Å². The lowest BCUT2D eigenvalue weighted by atomic mass is 9.77. The van der Waals surface area contributed by atoms with Crippen LogP contribution in [0, 0.1) is 5.41 Å². The van der Waals surface area contributed by atoms with E-state index in [1.165, 1.54) is 0 Å². The molecule has 1 aromatic heterocycles. The van der Waals surface area contributed by atoms with Crippen molar-refractivity contribution in [3.8, 4) is 11.1 Å². The zero-order valence-electron chi connectivity index (χ0n) is 18.7. The number of carbonyl (C=O) groups is 2. The van der Waals surface area contributed by atoms with Crippen LogP contribution in [0.25, 0.3) is 11.1 Å². The normalized spacial score (nSPS) is 17.9. The van der Waals surface area contributed by atoms with Crippen LogP contribution in [-0.2, 0) is 22.4 Å². The molecule has 2 aromatic carbocycles. The molecule has 164 valence electrons. The van der Waals surface area contributed by atoms with Gasteiger partial charge in [0.05, 0.1) is 11.8 Å². The number of amides is 2. The number of rotatable bonds is 6. The Labute approximate surface area is 189 Å². The van der Waals surface area contributed by atoms with Crippen LogP contribution >= 0.6 is 0 Å². The summed E-state index contributed by atoms with van der Waals surface area (Å²) < 4.78 is 0. The first-order valence-corrected chi connectivity index (χ1v) is 11.0. The van der Waals surface area contributed by atoms with Gasteiger partial charge in [-0.05, 0) is 41.2 Å². The molecule has 1 unspecified atom stereocenters. The van der Waals surface area contributed by atoms with Gasteiger partial charge in [0.2, 0.25) is 11.8 Å². The summed E-state index contributed by atoms with van der Waals surface area (Å²) in [6.07, 6.45) is 5.00. The molecule has 0 saturated carbocycles. The Morgan fingerprint density at radius 2 is 1.75 bits per heavy atom. The van der Waals surface area contributed by atoms with E-state index in [9.17, 15) is 9.59 Å². The third-order valence-electron chi connectivity index (χ3n) is 6.28. The van der Waals surface area contributed by atoms with Crippen LogP contribution in [0.4, 0.5) is 0 Å². The van der Waals surface area contributed by atoms with Crippen molar-refractivity contribution in [2.45, 2.75) is 19.3 Å². The van der Waals surface area contributed by atoms with Crippen molar-refractivity contribution in [2.24, 2.45) is 5.41 Å². The molecular formula is C27H29N3O2. The van der Waals surface area contributed by atoms with Gasteiger partial charge in [0.1, 0.15) is 0 Å². The molecule has 1 aliphatic rings. The minimum atomic E-state index is -0.626. The number of benzene rings is 2. The van der Waals surface area contributed by atoms with Crippen LogP contribution in [0.1, 0.15) is 17.5 Å². The molecule has 0 spiro atoms. The molecule has 1 fully saturated rings. The molecule has 1 saturated heterocycles. The van der Waals surface area contributed by atoms with Gasteiger partial charge in [0.15, 0.2) is 0 Å². The summed E-state index contributed by atoms with van der Waals surface area (Å²) in [7, 11) is 3.60. The molecule has 2 heterocycles. The van der Waals surface area contributed by atoms with Crippen LogP contribution < -0.4 is 0 Å². The van der Waals surface area contributed by atoms with Crippen molar-refractivity contribution < 1.29 is 9.59 Å². The Balaban J connectivity index is 1.61. The summed E-state index contributed by atoms with van der Waals surface area (Å²) in [6, 6.07) is 22.3. The average molecular weight is 428 g/mol. The van der Waals surface area contributed by atoms with Crippen LogP contribution in [0.5, 0.6) is 0 Å². The second kappa shape index (κ2) is 9.35. The zero-order valence-corrected chi connectivity index (χ0v) is 18.7. The molecule has 0 aliphatic carbocycles. The van der Waals surface area contributed by atoms with E-state index in [0.717, 1.165) is 22.3 Å². The van der Waals surface area contributed by atoms with Gasteiger partial charge >= 0.3 is 0 Å². The second-order valence-corrected chi connectivity index (χ2v) is 8.78. The van der Waals surface area contributed by atoms with Gasteiger partial charge in [-0.15, -0.1) is 0 Å². The highest BCUT2D eigenvalue weighted by Gasteiger charge is 2.46. The molecule has 0 bridgehead atoms. The van der Waals surface area contributed by atoms with Gasteiger partial charge < -0.3 is 9.80 Å². The average Bonchev–Trinajstić information content (AvgIpc) is 3.25. The first-order valence-electron chi connectivity index (χ1n) is 11.0. The molecule has 5 heteroatoms. The fraction of sp³-hybridized carbons (Fsp3) is 0.296. The van der Waals surface area contributed by atoms with E-state index in [0.29, 0.717) is 32.4 Å². The van der Waals surface area contributed by atoms with Crippen molar-refractivity contribution in [1.82, 2.24) is 14.8 Å². The molecule has 1 aliphatic heterocycles. The molecule has 0 N–H and O–H groups in total. The Morgan fingerprint density at radius 1 is 1.00 bits per heavy atom. The highest BCUT2D eigenvalue weighted by Crippen LogP contribution is 2.38. The fourth-order valence-electron chi connectivity index (χ4n) is 4.68. The number of pyridine rings is 1. The number of likely N-dealkylation sites (tertiary alicyclic amines) is 1. The van der Waals surface area contributed by atoms with Gasteiger partial charge in [-0.1, -0.05) is 60.7 Å². The minimum Gasteiger partial charge on any atom is -0.348 e. The van der Waals surface area contributed by atoms with Gasteiger partial charge in [-0.3, -0.25) is 14.6 Å². The smallest absolute Gasteiger partial charge is 0.230 e. The summed E-state index contributed by atoms with van der Waals surface area (Å²) in [4.78, 5) is 34.1. The predicted octanol–water partition coefficient (Wildman–Crippen LogP) is 3.84. The monoisotopic (exact) mass is 427 g/mol. The van der Waals surface area contributed by atoms with Crippen molar-refractivity contribution >= 4 is 11.8 Å². The molecule has 5 nitrogen and oxygen atoms in total. The Morgan fingerprint density at radius 3 is 2.47 bits per heavy atom. The lowest BCUT2D eigenvalue weighted by Gasteiger charge is -2.32. The largest absolute Gasteiger partial charge is 0.348 e. The van der Waals surface area contributed by atoms with Gasteiger partial charge in [-0.2, -0.15) is 0 Å². The summed E-state index contributed by atoms with van der Waals surface area (Å²) in [5.41, 5.74) is 3.68. The van der Waals surface area contributed by atoms with E-state index >= 15 is 0 Å². The highest BCUT2D eigenvalue weighted by molar-refractivity contribution is 5.86. The third kappa shape index (κ3) is 4.57. The number of aromatic nitrogens is 1. The maximum atomic E-state index is 13.4. The predicted molar refractivity (Wildman–Crippen MR) is 126 cm³/mol. The molecule has 0 radical (unpaired) electrons. The standard InChI is InChI=1S/C27H29N3O2/c1-29(2)26(32)27(14-16-30(20-27)25(31)17-21-9-8-15-28-19-21)18-23-12-6-7-13-24(23)22-10-4-3-5-11-22/h3-13,15,19H,14,16-18,20H2,1-2H3. The van der Waals surface area contributed by atoms with E-state index in [4.69, 9.17) is 0 Å². The molecule has 1 atom stereocenters. The van der Waals surface area contributed by atoms with Gasteiger partial charge in [0, 0.05) is 39.6 Å². The van der Waals surface area contributed by atoms with Gasteiger partial charge in [-0.25, -0.2) is 0 Å². The molecule has 4 rings (SSSR count). The van der Waals surface area contributed by atoms with E-state index in [1.54, 1.807) is 31.4 Å². The number of hydrogen-bond donors (Lipinski definition) is 0. The summed E-state index contributed by atoms with van der Waals surface area (Å²) in [5.74, 6) is 0.125. The van der Waals surface area contributed by atoms with Gasteiger partial charge in [0.25, 0.3) is 0 Å². The first kappa shape index (κ1) is 21.8. The van der Waals surface area contributed by atoms with E-state index in [2.05, 4.69) is 29.2 Å². The SMILES string of the molecule is CN(C)C(=O)C1(Cc2ccccc2-c2ccccc2)CCN(C(=O)Cc2cccnc2)C1. The fourth-order valence-corrected chi connectivity index (χ4v) is 4.68. The van der Waals surface area contributed by atoms with Crippen molar-refractivity contribution in [1.29, 1.82) is 0 Å². The third-order valence-corrected chi connectivity index (χ3v) is 6.28. The Kier molecular flexibility index (Phi) is 6.35. The first-order chi connectivity index (χ1) is 15.5. The second-order valence-electron chi connectivity index (χ2n) is 8.78. The van der Waals surface area contributed by atoms with Crippen molar-refractivity contribution in [3.63, 3.8) is 0 Å².